The smallest absolute Gasteiger partial charge is 0.144 e. The summed E-state index contributed by atoms with van der Waals surface area (Å²) in [5.41, 5.74) is 6.56. The van der Waals surface area contributed by atoms with E-state index in [1.165, 1.54) is 0 Å². The molecule has 3 heterocycles. The molecule has 0 bridgehead atoms. The van der Waals surface area contributed by atoms with E-state index in [1.54, 1.807) is 0 Å². The fourth-order valence-electron chi connectivity index (χ4n) is 4.07. The average molecular weight is 375 g/mol. The van der Waals surface area contributed by atoms with Gasteiger partial charge in [0.1, 0.15) is 22.5 Å². The van der Waals surface area contributed by atoms with Crippen LogP contribution in [0.25, 0.3) is 55.5 Å². The van der Waals surface area contributed by atoms with E-state index in [1.807, 2.05) is 60.8 Å². The molecule has 0 radical (unpaired) electrons. The molecule has 0 aliphatic carbocycles. The first-order valence-corrected chi connectivity index (χ1v) is 9.65. The Labute approximate surface area is 167 Å². The number of nitrogens with zero attached hydrogens (tertiary/aromatic N) is 1. The second-order valence-electron chi connectivity index (χ2n) is 7.27. The fraction of sp³-hybridized carbons (Fsp3) is 0.0385. The second kappa shape index (κ2) is 6.08. The Morgan fingerprint density at radius 1 is 0.690 bits per heavy atom. The van der Waals surface area contributed by atoms with Crippen LogP contribution in [0.4, 0.5) is 0 Å². The van der Waals surface area contributed by atoms with Gasteiger partial charge in [-0.2, -0.15) is 0 Å². The van der Waals surface area contributed by atoms with Gasteiger partial charge in [-0.05, 0) is 19.1 Å². The molecule has 29 heavy (non-hydrogen) atoms. The Bertz CT molecular complexity index is 1510. The van der Waals surface area contributed by atoms with E-state index < -0.39 is 0 Å². The minimum atomic E-state index is 0.833. The molecule has 0 saturated heterocycles. The van der Waals surface area contributed by atoms with Gasteiger partial charge in [0.05, 0.1) is 5.69 Å². The first-order valence-electron chi connectivity index (χ1n) is 9.65. The minimum Gasteiger partial charge on any atom is -0.456 e. The number of rotatable bonds is 2. The molecule has 3 heteroatoms. The van der Waals surface area contributed by atoms with Crippen LogP contribution in [0.5, 0.6) is 0 Å². The largest absolute Gasteiger partial charge is 0.456 e. The van der Waals surface area contributed by atoms with Crippen LogP contribution in [0.3, 0.4) is 0 Å². The number of pyridine rings is 1. The van der Waals surface area contributed by atoms with Crippen molar-refractivity contribution in [1.82, 2.24) is 4.98 Å². The first-order chi connectivity index (χ1) is 14.3. The summed E-state index contributed by atoms with van der Waals surface area (Å²) < 4.78 is 12.4. The van der Waals surface area contributed by atoms with Gasteiger partial charge in [-0.3, -0.25) is 4.98 Å². The van der Waals surface area contributed by atoms with Crippen molar-refractivity contribution in [3.8, 4) is 22.6 Å². The molecule has 0 aliphatic heterocycles. The molecule has 0 fully saturated rings. The zero-order valence-corrected chi connectivity index (χ0v) is 15.8. The van der Waals surface area contributed by atoms with Crippen LogP contribution in [0.2, 0.25) is 0 Å². The molecule has 0 amide bonds. The third kappa shape index (κ3) is 2.41. The highest BCUT2D eigenvalue weighted by Crippen LogP contribution is 2.38. The number of benzene rings is 3. The molecule has 138 valence electrons. The van der Waals surface area contributed by atoms with Gasteiger partial charge in [0, 0.05) is 45.1 Å². The molecule has 0 saturated carbocycles. The molecule has 0 spiro atoms. The third-order valence-electron chi connectivity index (χ3n) is 5.54. The molecule has 0 atom stereocenters. The van der Waals surface area contributed by atoms with Crippen LogP contribution in [-0.2, 0) is 0 Å². The van der Waals surface area contributed by atoms with Crippen molar-refractivity contribution in [3.05, 3.63) is 90.6 Å². The van der Waals surface area contributed by atoms with Crippen LogP contribution < -0.4 is 0 Å². The summed E-state index contributed by atoms with van der Waals surface area (Å²) in [5, 5.41) is 3.25. The summed E-state index contributed by atoms with van der Waals surface area (Å²) in [5.74, 6) is 0.890. The summed E-state index contributed by atoms with van der Waals surface area (Å²) in [6.45, 7) is 2.08. The van der Waals surface area contributed by atoms with Gasteiger partial charge < -0.3 is 8.83 Å². The molecular formula is C26H17NO2. The van der Waals surface area contributed by atoms with Crippen molar-refractivity contribution in [2.45, 2.75) is 6.92 Å². The SMILES string of the molecule is Cc1c(-c2ccccc2)oc2cc(-c3cccc4c3oc3ccccc34)ncc12. The zero-order valence-electron chi connectivity index (χ0n) is 15.8. The average Bonchev–Trinajstić information content (AvgIpc) is 3.32. The van der Waals surface area contributed by atoms with Gasteiger partial charge in [-0.15, -0.1) is 0 Å². The van der Waals surface area contributed by atoms with Crippen LogP contribution in [0.15, 0.2) is 93.9 Å². The topological polar surface area (TPSA) is 39.2 Å². The van der Waals surface area contributed by atoms with Crippen LogP contribution in [0.1, 0.15) is 5.56 Å². The van der Waals surface area contributed by atoms with Crippen molar-refractivity contribution in [1.29, 1.82) is 0 Å². The first kappa shape index (κ1) is 16.1. The van der Waals surface area contributed by atoms with E-state index in [2.05, 4.69) is 31.2 Å². The van der Waals surface area contributed by atoms with Crippen molar-refractivity contribution in [3.63, 3.8) is 0 Å². The van der Waals surface area contributed by atoms with E-state index in [9.17, 15) is 0 Å². The number of fused-ring (bicyclic) bond motifs is 4. The molecule has 6 rings (SSSR count). The quantitative estimate of drug-likeness (QED) is 0.317. The maximum atomic E-state index is 6.25. The highest BCUT2D eigenvalue weighted by molar-refractivity contribution is 6.09. The molecule has 0 aliphatic rings. The Balaban J connectivity index is 1.57. The highest BCUT2D eigenvalue weighted by Gasteiger charge is 2.16. The maximum absolute atomic E-state index is 6.25. The molecule has 0 unspecified atom stereocenters. The molecule has 3 aromatic carbocycles. The van der Waals surface area contributed by atoms with E-state index >= 15 is 0 Å². The lowest BCUT2D eigenvalue weighted by molar-refractivity contribution is 0.629. The third-order valence-corrected chi connectivity index (χ3v) is 5.54. The normalized spacial score (nSPS) is 11.6. The Morgan fingerprint density at radius 2 is 1.48 bits per heavy atom. The van der Waals surface area contributed by atoms with E-state index in [-0.39, 0.29) is 0 Å². The van der Waals surface area contributed by atoms with Crippen molar-refractivity contribution in [2.75, 3.05) is 0 Å². The molecule has 0 N–H and O–H groups in total. The predicted molar refractivity (Wildman–Crippen MR) is 117 cm³/mol. The van der Waals surface area contributed by atoms with Gasteiger partial charge in [0.2, 0.25) is 0 Å². The number of hydrogen-bond acceptors (Lipinski definition) is 3. The van der Waals surface area contributed by atoms with Crippen molar-refractivity contribution in [2.24, 2.45) is 0 Å². The summed E-state index contributed by atoms with van der Waals surface area (Å²) in [6.07, 6.45) is 1.90. The summed E-state index contributed by atoms with van der Waals surface area (Å²) >= 11 is 0. The van der Waals surface area contributed by atoms with Gasteiger partial charge in [0.15, 0.2) is 0 Å². The Kier molecular flexibility index (Phi) is 3.38. The number of para-hydroxylation sites is 2. The van der Waals surface area contributed by atoms with Crippen LogP contribution in [-0.4, -0.2) is 4.98 Å². The number of aromatic nitrogens is 1. The highest BCUT2D eigenvalue weighted by atomic mass is 16.3. The molecule has 3 nitrogen and oxygen atoms in total. The number of furan rings is 2. The van der Waals surface area contributed by atoms with Gasteiger partial charge in [-0.1, -0.05) is 60.7 Å². The molecular weight excluding hydrogens is 358 g/mol. The lowest BCUT2D eigenvalue weighted by atomic mass is 10.0. The zero-order chi connectivity index (χ0) is 19.4. The minimum absolute atomic E-state index is 0.833. The van der Waals surface area contributed by atoms with Crippen LogP contribution in [0, 0.1) is 6.92 Å². The lowest BCUT2D eigenvalue weighted by Crippen LogP contribution is -1.84. The monoisotopic (exact) mass is 375 g/mol. The van der Waals surface area contributed by atoms with Gasteiger partial charge >= 0.3 is 0 Å². The second-order valence-corrected chi connectivity index (χ2v) is 7.27. The molecule has 3 aromatic heterocycles. The maximum Gasteiger partial charge on any atom is 0.144 e. The predicted octanol–water partition coefficient (Wildman–Crippen LogP) is 7.37. The van der Waals surface area contributed by atoms with Crippen molar-refractivity contribution < 1.29 is 8.83 Å². The van der Waals surface area contributed by atoms with Gasteiger partial charge in [0.25, 0.3) is 0 Å². The Hall–Kier alpha value is -3.85. The summed E-state index contributed by atoms with van der Waals surface area (Å²) in [6, 6.07) is 26.5. The van der Waals surface area contributed by atoms with E-state index in [4.69, 9.17) is 13.8 Å². The van der Waals surface area contributed by atoms with E-state index in [0.29, 0.717) is 0 Å². The van der Waals surface area contributed by atoms with Crippen LogP contribution >= 0.6 is 0 Å². The summed E-state index contributed by atoms with van der Waals surface area (Å²) in [7, 11) is 0. The lowest BCUT2D eigenvalue weighted by Gasteiger charge is -2.02. The fourth-order valence-corrected chi connectivity index (χ4v) is 4.07. The number of aryl methyl sites for hydroxylation is 1. The Morgan fingerprint density at radius 3 is 2.38 bits per heavy atom. The van der Waals surface area contributed by atoms with Crippen molar-refractivity contribution >= 4 is 32.9 Å². The standard InChI is InChI=1S/C26H17NO2/c1-16-21-15-27-22(14-24(21)29-25(16)17-8-3-2-4-9-17)20-12-7-11-19-18-10-5-6-13-23(18)28-26(19)20/h2-15H,1H3. The molecule has 6 aromatic rings. The summed E-state index contributed by atoms with van der Waals surface area (Å²) in [4.78, 5) is 4.75. The van der Waals surface area contributed by atoms with E-state index in [0.717, 1.165) is 61.1 Å². The van der Waals surface area contributed by atoms with Gasteiger partial charge in [-0.25, -0.2) is 0 Å². The number of hydrogen-bond donors (Lipinski definition) is 0.